The summed E-state index contributed by atoms with van der Waals surface area (Å²) in [6.07, 6.45) is 4.63. The quantitative estimate of drug-likeness (QED) is 0.795. The van der Waals surface area contributed by atoms with Gasteiger partial charge in [0.05, 0.1) is 11.1 Å². The molecule has 0 fully saturated rings. The Morgan fingerprint density at radius 1 is 1.29 bits per heavy atom. The standard InChI is InChI=1S/C15H20N2O3S/c1-3-8-16-9-7-15-17-11-14(20-15)12-5-4-6-13(10-12)21(2,18)19/h4-6,10-11,16H,3,7-9H2,1-2H3. The molecule has 0 unspecified atom stereocenters. The molecule has 1 N–H and O–H groups in total. The Labute approximate surface area is 125 Å². The highest BCUT2D eigenvalue weighted by Crippen LogP contribution is 2.23. The first-order valence-electron chi connectivity index (χ1n) is 6.96. The van der Waals surface area contributed by atoms with E-state index in [4.69, 9.17) is 4.42 Å². The molecule has 0 amide bonds. The van der Waals surface area contributed by atoms with E-state index in [9.17, 15) is 8.42 Å². The molecule has 0 saturated carbocycles. The van der Waals surface area contributed by atoms with Gasteiger partial charge in [-0.05, 0) is 25.1 Å². The minimum atomic E-state index is -3.22. The van der Waals surface area contributed by atoms with Crippen molar-refractivity contribution in [1.29, 1.82) is 0 Å². The number of hydrogen-bond donors (Lipinski definition) is 1. The predicted molar refractivity (Wildman–Crippen MR) is 81.9 cm³/mol. The summed E-state index contributed by atoms with van der Waals surface area (Å²) in [6, 6.07) is 6.70. The van der Waals surface area contributed by atoms with Crippen molar-refractivity contribution in [3.63, 3.8) is 0 Å². The van der Waals surface area contributed by atoms with Crippen LogP contribution in [0.2, 0.25) is 0 Å². The summed E-state index contributed by atoms with van der Waals surface area (Å²) >= 11 is 0. The topological polar surface area (TPSA) is 72.2 Å². The number of rotatable bonds is 7. The maximum atomic E-state index is 11.6. The third kappa shape index (κ3) is 4.41. The van der Waals surface area contributed by atoms with Gasteiger partial charge in [-0.2, -0.15) is 0 Å². The number of benzene rings is 1. The molecule has 2 aromatic rings. The van der Waals surface area contributed by atoms with Crippen LogP contribution in [-0.2, 0) is 16.3 Å². The minimum absolute atomic E-state index is 0.280. The lowest BCUT2D eigenvalue weighted by Crippen LogP contribution is -2.17. The molecule has 0 atom stereocenters. The van der Waals surface area contributed by atoms with Crippen LogP contribution in [0, 0.1) is 0 Å². The van der Waals surface area contributed by atoms with Crippen LogP contribution < -0.4 is 5.32 Å². The van der Waals surface area contributed by atoms with Crippen LogP contribution in [-0.4, -0.2) is 32.7 Å². The van der Waals surface area contributed by atoms with E-state index in [0.29, 0.717) is 18.1 Å². The van der Waals surface area contributed by atoms with Gasteiger partial charge in [-0.15, -0.1) is 0 Å². The first kappa shape index (κ1) is 15.7. The van der Waals surface area contributed by atoms with Crippen LogP contribution in [0.15, 0.2) is 39.8 Å². The van der Waals surface area contributed by atoms with Gasteiger partial charge in [0.2, 0.25) is 0 Å². The molecule has 1 heterocycles. The second-order valence-corrected chi connectivity index (χ2v) is 6.93. The van der Waals surface area contributed by atoms with Crippen molar-refractivity contribution in [2.45, 2.75) is 24.7 Å². The van der Waals surface area contributed by atoms with Crippen molar-refractivity contribution in [3.8, 4) is 11.3 Å². The highest BCUT2D eigenvalue weighted by Gasteiger charge is 2.11. The number of aromatic nitrogens is 1. The van der Waals surface area contributed by atoms with E-state index < -0.39 is 9.84 Å². The van der Waals surface area contributed by atoms with Gasteiger partial charge < -0.3 is 9.73 Å². The van der Waals surface area contributed by atoms with E-state index in [1.807, 2.05) is 6.07 Å². The Hall–Kier alpha value is -1.66. The Bertz CT molecular complexity index is 692. The van der Waals surface area contributed by atoms with Gasteiger partial charge in [0.25, 0.3) is 0 Å². The van der Waals surface area contributed by atoms with Crippen LogP contribution >= 0.6 is 0 Å². The zero-order valence-corrected chi connectivity index (χ0v) is 13.1. The molecule has 0 aliphatic rings. The zero-order chi connectivity index (χ0) is 15.3. The molecule has 0 saturated heterocycles. The van der Waals surface area contributed by atoms with Crippen LogP contribution in [0.4, 0.5) is 0 Å². The molecule has 2 rings (SSSR count). The van der Waals surface area contributed by atoms with E-state index in [-0.39, 0.29) is 4.90 Å². The summed E-state index contributed by atoms with van der Waals surface area (Å²) in [5.41, 5.74) is 0.721. The maximum absolute atomic E-state index is 11.6. The molecular weight excluding hydrogens is 288 g/mol. The second kappa shape index (κ2) is 6.87. The van der Waals surface area contributed by atoms with Crippen LogP contribution in [0.25, 0.3) is 11.3 Å². The van der Waals surface area contributed by atoms with Gasteiger partial charge in [0.15, 0.2) is 21.5 Å². The van der Waals surface area contributed by atoms with E-state index in [1.54, 1.807) is 24.4 Å². The fraction of sp³-hybridized carbons (Fsp3) is 0.400. The molecule has 114 valence electrons. The molecule has 0 bridgehead atoms. The molecule has 6 heteroatoms. The molecule has 0 spiro atoms. The lowest BCUT2D eigenvalue weighted by molar-refractivity contribution is 0.495. The average Bonchev–Trinajstić information content (AvgIpc) is 2.92. The van der Waals surface area contributed by atoms with Crippen LogP contribution in [0.1, 0.15) is 19.2 Å². The monoisotopic (exact) mass is 308 g/mol. The summed E-state index contributed by atoms with van der Waals surface area (Å²) in [6.45, 7) is 3.91. The molecule has 0 aliphatic heterocycles. The Morgan fingerprint density at radius 3 is 2.81 bits per heavy atom. The van der Waals surface area contributed by atoms with Crippen molar-refractivity contribution < 1.29 is 12.8 Å². The second-order valence-electron chi connectivity index (χ2n) is 4.92. The lowest BCUT2D eigenvalue weighted by atomic mass is 10.2. The van der Waals surface area contributed by atoms with Gasteiger partial charge in [-0.1, -0.05) is 19.1 Å². The SMILES string of the molecule is CCCNCCc1ncc(-c2cccc(S(C)(=O)=O)c2)o1. The predicted octanol–water partition coefficient (Wildman–Crippen LogP) is 2.29. The van der Waals surface area contributed by atoms with Crippen molar-refractivity contribution in [3.05, 3.63) is 36.4 Å². The first-order valence-corrected chi connectivity index (χ1v) is 8.85. The third-order valence-electron chi connectivity index (χ3n) is 3.04. The average molecular weight is 308 g/mol. The molecule has 1 aromatic heterocycles. The fourth-order valence-electron chi connectivity index (χ4n) is 1.94. The molecule has 5 nitrogen and oxygen atoms in total. The summed E-state index contributed by atoms with van der Waals surface area (Å²) < 4.78 is 28.8. The summed E-state index contributed by atoms with van der Waals surface area (Å²) in [7, 11) is -3.22. The Morgan fingerprint density at radius 2 is 2.10 bits per heavy atom. The molecule has 1 aromatic carbocycles. The normalized spacial score (nSPS) is 11.7. The van der Waals surface area contributed by atoms with Gasteiger partial charge in [-0.3, -0.25) is 0 Å². The summed E-state index contributed by atoms with van der Waals surface area (Å²) in [4.78, 5) is 4.51. The molecule has 0 radical (unpaired) electrons. The Kier molecular flexibility index (Phi) is 5.14. The van der Waals surface area contributed by atoms with Crippen molar-refractivity contribution in [2.24, 2.45) is 0 Å². The summed E-state index contributed by atoms with van der Waals surface area (Å²) in [5.74, 6) is 1.24. The molecule has 21 heavy (non-hydrogen) atoms. The smallest absolute Gasteiger partial charge is 0.196 e. The number of oxazole rings is 1. The number of hydrogen-bond acceptors (Lipinski definition) is 5. The number of sulfone groups is 1. The third-order valence-corrected chi connectivity index (χ3v) is 4.15. The summed E-state index contributed by atoms with van der Waals surface area (Å²) in [5, 5.41) is 3.28. The van der Waals surface area contributed by atoms with Crippen molar-refractivity contribution in [1.82, 2.24) is 10.3 Å². The Balaban J connectivity index is 2.11. The first-order chi connectivity index (χ1) is 10.0. The van der Waals surface area contributed by atoms with Crippen LogP contribution in [0.3, 0.4) is 0 Å². The van der Waals surface area contributed by atoms with Gasteiger partial charge in [0.1, 0.15) is 0 Å². The largest absolute Gasteiger partial charge is 0.441 e. The highest BCUT2D eigenvalue weighted by molar-refractivity contribution is 7.90. The number of nitrogens with zero attached hydrogens (tertiary/aromatic N) is 1. The van der Waals surface area contributed by atoms with Gasteiger partial charge in [0, 0.05) is 24.8 Å². The zero-order valence-electron chi connectivity index (χ0n) is 12.3. The van der Waals surface area contributed by atoms with Crippen molar-refractivity contribution in [2.75, 3.05) is 19.3 Å². The van der Waals surface area contributed by atoms with Crippen LogP contribution in [0.5, 0.6) is 0 Å². The minimum Gasteiger partial charge on any atom is -0.441 e. The fourth-order valence-corrected chi connectivity index (χ4v) is 2.60. The lowest BCUT2D eigenvalue weighted by Gasteiger charge is -2.01. The highest BCUT2D eigenvalue weighted by atomic mass is 32.2. The van der Waals surface area contributed by atoms with Gasteiger partial charge >= 0.3 is 0 Å². The molecular formula is C15H20N2O3S. The van der Waals surface area contributed by atoms with Crippen molar-refractivity contribution >= 4 is 9.84 Å². The maximum Gasteiger partial charge on any atom is 0.196 e. The molecule has 0 aliphatic carbocycles. The number of nitrogens with one attached hydrogen (secondary N) is 1. The van der Waals surface area contributed by atoms with E-state index in [0.717, 1.165) is 25.1 Å². The van der Waals surface area contributed by atoms with Gasteiger partial charge in [-0.25, -0.2) is 13.4 Å². The van der Waals surface area contributed by atoms with E-state index in [1.165, 1.54) is 6.26 Å². The van der Waals surface area contributed by atoms with E-state index in [2.05, 4.69) is 17.2 Å². The van der Waals surface area contributed by atoms with E-state index >= 15 is 0 Å².